The van der Waals surface area contributed by atoms with Gasteiger partial charge in [0.2, 0.25) is 5.95 Å². The zero-order valence-corrected chi connectivity index (χ0v) is 22.4. The molecule has 1 N–H and O–H groups in total. The van der Waals surface area contributed by atoms with Gasteiger partial charge in [-0.15, -0.1) is 11.3 Å². The summed E-state index contributed by atoms with van der Waals surface area (Å²) in [6.45, 7) is 3.12. The summed E-state index contributed by atoms with van der Waals surface area (Å²) in [6, 6.07) is 13.8. The lowest BCUT2D eigenvalue weighted by Gasteiger charge is -2.26. The van der Waals surface area contributed by atoms with Crippen LogP contribution in [0.15, 0.2) is 48.7 Å². The van der Waals surface area contributed by atoms with Crippen molar-refractivity contribution in [3.63, 3.8) is 0 Å². The minimum atomic E-state index is 0.0383. The lowest BCUT2D eigenvalue weighted by atomic mass is 10.0. The second-order valence-corrected chi connectivity index (χ2v) is 10.6. The summed E-state index contributed by atoms with van der Waals surface area (Å²) in [6.07, 6.45) is 5.67. The molecule has 4 aromatic rings. The highest BCUT2D eigenvalue weighted by Crippen LogP contribution is 2.32. The Balaban J connectivity index is 1.30. The maximum atomic E-state index is 13.0. The molecule has 0 aliphatic carbocycles. The number of Topliss-reactive ketones (excluding diaryl/α,β-unsaturated/α-hetero) is 1. The van der Waals surface area contributed by atoms with E-state index in [-0.39, 0.29) is 11.7 Å². The molecule has 1 aliphatic rings. The number of fused-ring (bicyclic) bond motifs is 3. The van der Waals surface area contributed by atoms with E-state index < -0.39 is 0 Å². The number of ketones is 1. The summed E-state index contributed by atoms with van der Waals surface area (Å²) < 4.78 is 11.5. The Morgan fingerprint density at radius 2 is 1.97 bits per heavy atom. The largest absolute Gasteiger partial charge is 0.385 e. The molecule has 38 heavy (non-hydrogen) atoms. The summed E-state index contributed by atoms with van der Waals surface area (Å²) in [7, 11) is 1.70. The molecular weight excluding hydrogens is 500 g/mol. The summed E-state index contributed by atoms with van der Waals surface area (Å²) in [5.74, 6) is 0.749. The first kappa shape index (κ1) is 26.2. The lowest BCUT2D eigenvalue weighted by Crippen LogP contribution is -2.40. The van der Waals surface area contributed by atoms with Crippen LogP contribution in [-0.2, 0) is 20.7 Å². The fourth-order valence-corrected chi connectivity index (χ4v) is 5.68. The smallest absolute Gasteiger partial charge is 0.264 e. The molecule has 0 unspecified atom stereocenters. The highest BCUT2D eigenvalue weighted by atomic mass is 32.1. The van der Waals surface area contributed by atoms with E-state index in [1.165, 1.54) is 11.3 Å². The van der Waals surface area contributed by atoms with Crippen molar-refractivity contribution < 1.29 is 19.1 Å². The van der Waals surface area contributed by atoms with E-state index in [9.17, 15) is 9.59 Å². The molecule has 0 atom stereocenters. The zero-order valence-electron chi connectivity index (χ0n) is 21.6. The number of rotatable bonds is 11. The van der Waals surface area contributed by atoms with E-state index in [0.29, 0.717) is 50.0 Å². The Labute approximate surface area is 226 Å². The molecule has 8 nitrogen and oxygen atoms in total. The van der Waals surface area contributed by atoms with Gasteiger partial charge in [-0.05, 0) is 48.7 Å². The van der Waals surface area contributed by atoms with Gasteiger partial charge >= 0.3 is 0 Å². The number of nitrogens with one attached hydrogen (secondary N) is 1. The number of aromatic nitrogens is 2. The Hall–Kier alpha value is -3.40. The maximum absolute atomic E-state index is 13.0. The number of nitrogens with zero attached hydrogens (tertiary/aromatic N) is 3. The van der Waals surface area contributed by atoms with E-state index in [1.54, 1.807) is 13.3 Å². The van der Waals surface area contributed by atoms with Gasteiger partial charge in [-0.25, -0.2) is 9.97 Å². The van der Waals surface area contributed by atoms with Gasteiger partial charge in [-0.2, -0.15) is 0 Å². The summed E-state index contributed by atoms with van der Waals surface area (Å²) in [5.41, 5.74) is 2.59. The SMILES string of the molecule is COCCCCCC(=O)Cc1cccc(Nc2ncc3ccc4sc(C(=O)N5CCOCC5)cc4c3n2)c1. The molecule has 1 fully saturated rings. The van der Waals surface area contributed by atoms with Crippen LogP contribution in [0.5, 0.6) is 0 Å². The van der Waals surface area contributed by atoms with Crippen LogP contribution in [0.4, 0.5) is 11.6 Å². The Bertz CT molecular complexity index is 1430. The van der Waals surface area contributed by atoms with Gasteiger partial charge in [0.1, 0.15) is 5.78 Å². The van der Waals surface area contributed by atoms with Crippen molar-refractivity contribution in [3.05, 3.63) is 59.1 Å². The van der Waals surface area contributed by atoms with Crippen LogP contribution in [0.3, 0.4) is 0 Å². The molecule has 1 amide bonds. The van der Waals surface area contributed by atoms with E-state index in [2.05, 4.69) is 10.3 Å². The van der Waals surface area contributed by atoms with Crippen LogP contribution in [-0.4, -0.2) is 66.6 Å². The average molecular weight is 533 g/mol. The number of hydrogen-bond donors (Lipinski definition) is 1. The number of hydrogen-bond acceptors (Lipinski definition) is 8. The number of anilines is 2. The van der Waals surface area contributed by atoms with Crippen molar-refractivity contribution >= 4 is 55.7 Å². The zero-order chi connectivity index (χ0) is 26.3. The first-order chi connectivity index (χ1) is 18.6. The Morgan fingerprint density at radius 3 is 2.82 bits per heavy atom. The van der Waals surface area contributed by atoms with Gasteiger partial charge in [-0.3, -0.25) is 9.59 Å². The van der Waals surface area contributed by atoms with E-state index in [4.69, 9.17) is 14.5 Å². The monoisotopic (exact) mass is 532 g/mol. The van der Waals surface area contributed by atoms with E-state index >= 15 is 0 Å². The second-order valence-electron chi connectivity index (χ2n) is 9.47. The summed E-state index contributed by atoms with van der Waals surface area (Å²) in [5, 5.41) is 5.15. The van der Waals surface area contributed by atoms with Gasteiger partial charge in [0.25, 0.3) is 5.91 Å². The molecule has 9 heteroatoms. The number of ether oxygens (including phenoxy) is 2. The van der Waals surface area contributed by atoms with Crippen LogP contribution >= 0.6 is 11.3 Å². The van der Waals surface area contributed by atoms with Crippen molar-refractivity contribution in [3.8, 4) is 0 Å². The number of carbonyl (C=O) groups excluding carboxylic acids is 2. The molecular formula is C29H32N4O4S. The van der Waals surface area contributed by atoms with Crippen molar-refractivity contribution in [2.75, 3.05) is 45.3 Å². The quantitative estimate of drug-likeness (QED) is 0.259. The summed E-state index contributed by atoms with van der Waals surface area (Å²) in [4.78, 5) is 37.3. The average Bonchev–Trinajstić information content (AvgIpc) is 3.38. The van der Waals surface area contributed by atoms with Crippen molar-refractivity contribution in [2.24, 2.45) is 0 Å². The molecule has 2 aromatic carbocycles. The van der Waals surface area contributed by atoms with Crippen molar-refractivity contribution in [2.45, 2.75) is 32.1 Å². The van der Waals surface area contributed by atoms with Gasteiger partial charge in [0.15, 0.2) is 0 Å². The van der Waals surface area contributed by atoms with Crippen LogP contribution < -0.4 is 5.32 Å². The van der Waals surface area contributed by atoms with E-state index in [0.717, 1.165) is 58.1 Å². The van der Waals surface area contributed by atoms with Crippen LogP contribution in [0, 0.1) is 0 Å². The molecule has 0 saturated carbocycles. The number of morpholine rings is 1. The minimum absolute atomic E-state index is 0.0383. The van der Waals surface area contributed by atoms with Gasteiger partial charge in [0, 0.05) is 67.0 Å². The third kappa shape index (κ3) is 6.35. The van der Waals surface area contributed by atoms with Gasteiger partial charge < -0.3 is 19.7 Å². The number of unbranched alkanes of at least 4 members (excludes halogenated alkanes) is 2. The highest BCUT2D eigenvalue weighted by molar-refractivity contribution is 7.21. The summed E-state index contributed by atoms with van der Waals surface area (Å²) >= 11 is 1.49. The first-order valence-corrected chi connectivity index (χ1v) is 13.9. The molecule has 0 radical (unpaired) electrons. The fraction of sp³-hybridized carbons (Fsp3) is 0.379. The van der Waals surface area contributed by atoms with Crippen molar-refractivity contribution in [1.82, 2.24) is 14.9 Å². The van der Waals surface area contributed by atoms with Crippen LogP contribution in [0.1, 0.15) is 40.9 Å². The molecule has 1 aliphatic heterocycles. The first-order valence-electron chi connectivity index (χ1n) is 13.0. The topological polar surface area (TPSA) is 93.6 Å². The predicted molar refractivity (Wildman–Crippen MR) is 150 cm³/mol. The third-order valence-electron chi connectivity index (χ3n) is 6.64. The molecule has 198 valence electrons. The Kier molecular flexibility index (Phi) is 8.58. The molecule has 3 heterocycles. The number of methoxy groups -OCH3 is 1. The minimum Gasteiger partial charge on any atom is -0.385 e. The maximum Gasteiger partial charge on any atom is 0.264 e. The molecule has 1 saturated heterocycles. The van der Waals surface area contributed by atoms with Gasteiger partial charge in [0.05, 0.1) is 23.6 Å². The third-order valence-corrected chi connectivity index (χ3v) is 7.73. The van der Waals surface area contributed by atoms with Crippen LogP contribution in [0.2, 0.25) is 0 Å². The van der Waals surface area contributed by atoms with E-state index in [1.807, 2.05) is 47.4 Å². The Morgan fingerprint density at radius 1 is 1.11 bits per heavy atom. The number of benzene rings is 2. The van der Waals surface area contributed by atoms with Crippen molar-refractivity contribution in [1.29, 1.82) is 0 Å². The molecule has 0 bridgehead atoms. The molecule has 2 aromatic heterocycles. The predicted octanol–water partition coefficient (Wildman–Crippen LogP) is 5.38. The van der Waals surface area contributed by atoms with Gasteiger partial charge in [-0.1, -0.05) is 18.6 Å². The lowest BCUT2D eigenvalue weighted by molar-refractivity contribution is -0.118. The molecule has 5 rings (SSSR count). The normalized spacial score (nSPS) is 13.8. The highest BCUT2D eigenvalue weighted by Gasteiger charge is 2.21. The number of amides is 1. The molecule has 0 spiro atoms. The number of thiophene rings is 1. The second kappa shape index (κ2) is 12.4. The van der Waals surface area contributed by atoms with Crippen LogP contribution in [0.25, 0.3) is 21.0 Å². The standard InChI is InChI=1S/C29H32N4O4S/c1-36-13-4-2-3-8-23(34)17-20-6-5-7-22(16-20)31-29-30-19-21-9-10-25-24(27(21)32-29)18-26(38-25)28(35)33-11-14-37-15-12-33/h5-7,9-10,16,18-19H,2-4,8,11-15,17H2,1H3,(H,30,31,32). The number of carbonyl (C=O) groups is 2. The fourth-order valence-electron chi connectivity index (χ4n) is 4.65.